The van der Waals surface area contributed by atoms with Crippen molar-refractivity contribution in [2.75, 3.05) is 26.9 Å². The molecule has 0 aliphatic carbocycles. The van der Waals surface area contributed by atoms with Gasteiger partial charge in [0.25, 0.3) is 0 Å². The molecule has 1 aromatic heterocycles. The summed E-state index contributed by atoms with van der Waals surface area (Å²) in [7, 11) is 1.65. The number of ether oxygens (including phenoxy) is 2. The Morgan fingerprint density at radius 3 is 2.87 bits per heavy atom. The minimum Gasteiger partial charge on any atom is -0.385 e. The van der Waals surface area contributed by atoms with Crippen LogP contribution in [0, 0.1) is 0 Å². The Labute approximate surface area is 102 Å². The highest BCUT2D eigenvalue weighted by atomic mass is 79.9. The largest absolute Gasteiger partial charge is 0.385 e. The molecule has 5 heteroatoms. The molecule has 0 spiro atoms. The van der Waals surface area contributed by atoms with Crippen molar-refractivity contribution < 1.29 is 14.3 Å². The van der Waals surface area contributed by atoms with E-state index in [-0.39, 0.29) is 12.4 Å². The highest BCUT2D eigenvalue weighted by molar-refractivity contribution is 9.11. The molecule has 3 nitrogen and oxygen atoms in total. The highest BCUT2D eigenvalue weighted by Crippen LogP contribution is 2.22. The van der Waals surface area contributed by atoms with Crippen molar-refractivity contribution >= 4 is 33.0 Å². The van der Waals surface area contributed by atoms with Crippen molar-refractivity contribution in [3.8, 4) is 0 Å². The smallest absolute Gasteiger partial charge is 0.198 e. The fourth-order valence-corrected chi connectivity index (χ4v) is 2.32. The number of halogens is 1. The van der Waals surface area contributed by atoms with Crippen molar-refractivity contribution in [3.63, 3.8) is 0 Å². The second kappa shape index (κ2) is 7.11. The quantitative estimate of drug-likeness (QED) is 0.573. The molecule has 0 radical (unpaired) electrons. The van der Waals surface area contributed by atoms with Crippen molar-refractivity contribution in [2.45, 2.75) is 6.42 Å². The maximum atomic E-state index is 11.5. The van der Waals surface area contributed by atoms with Gasteiger partial charge in [0.05, 0.1) is 8.66 Å². The molecule has 0 fully saturated rings. The van der Waals surface area contributed by atoms with Gasteiger partial charge >= 0.3 is 0 Å². The molecule has 0 saturated carbocycles. The van der Waals surface area contributed by atoms with E-state index in [0.717, 1.165) is 15.1 Å². The Bertz CT molecular complexity index is 311. The van der Waals surface area contributed by atoms with Crippen molar-refractivity contribution in [2.24, 2.45) is 0 Å². The van der Waals surface area contributed by atoms with Gasteiger partial charge in [-0.15, -0.1) is 11.3 Å². The lowest BCUT2D eigenvalue weighted by Crippen LogP contribution is -2.09. The van der Waals surface area contributed by atoms with Gasteiger partial charge in [-0.25, -0.2) is 0 Å². The van der Waals surface area contributed by atoms with Crippen LogP contribution in [0.4, 0.5) is 0 Å². The maximum Gasteiger partial charge on any atom is 0.198 e. The van der Waals surface area contributed by atoms with Gasteiger partial charge in [-0.1, -0.05) is 0 Å². The standard InChI is InChI=1S/C10H13BrO3S/c1-13-5-2-6-14-7-8(12)9-3-4-10(11)15-9/h3-4H,2,5-7H2,1H3. The van der Waals surface area contributed by atoms with E-state index < -0.39 is 0 Å². The molecule has 15 heavy (non-hydrogen) atoms. The molecule has 1 aromatic rings. The summed E-state index contributed by atoms with van der Waals surface area (Å²) >= 11 is 4.74. The lowest BCUT2D eigenvalue weighted by atomic mass is 10.3. The van der Waals surface area contributed by atoms with E-state index in [1.807, 2.05) is 6.07 Å². The molecule has 0 saturated heterocycles. The normalized spacial score (nSPS) is 10.5. The van der Waals surface area contributed by atoms with E-state index >= 15 is 0 Å². The minimum atomic E-state index is 0.0307. The SMILES string of the molecule is COCCCOCC(=O)c1ccc(Br)s1. The first-order chi connectivity index (χ1) is 7.24. The van der Waals surface area contributed by atoms with Gasteiger partial charge < -0.3 is 9.47 Å². The summed E-state index contributed by atoms with van der Waals surface area (Å²) in [6.07, 6.45) is 0.817. The number of Topliss-reactive ketones (excluding diaryl/α,β-unsaturated/α-hetero) is 1. The van der Waals surface area contributed by atoms with Crippen LogP contribution in [0.25, 0.3) is 0 Å². The lowest BCUT2D eigenvalue weighted by Gasteiger charge is -2.01. The summed E-state index contributed by atoms with van der Waals surface area (Å²) in [6.45, 7) is 1.38. The molecule has 0 amide bonds. The summed E-state index contributed by atoms with van der Waals surface area (Å²) in [6, 6.07) is 3.67. The third kappa shape index (κ3) is 4.88. The third-order valence-electron chi connectivity index (χ3n) is 1.72. The highest BCUT2D eigenvalue weighted by Gasteiger charge is 2.08. The van der Waals surface area contributed by atoms with Crippen LogP contribution >= 0.6 is 27.3 Å². The molecule has 1 heterocycles. The van der Waals surface area contributed by atoms with Gasteiger partial charge in [0, 0.05) is 20.3 Å². The number of rotatable bonds is 7. The zero-order chi connectivity index (χ0) is 11.1. The lowest BCUT2D eigenvalue weighted by molar-refractivity contribution is 0.0709. The zero-order valence-corrected chi connectivity index (χ0v) is 10.9. The monoisotopic (exact) mass is 292 g/mol. The Kier molecular flexibility index (Phi) is 6.09. The summed E-state index contributed by atoms with van der Waals surface area (Å²) in [5, 5.41) is 0. The molecular formula is C10H13BrO3S. The Balaban J connectivity index is 2.19. The molecule has 1 rings (SSSR count). The van der Waals surface area contributed by atoms with Crippen LogP contribution in [-0.4, -0.2) is 32.7 Å². The maximum absolute atomic E-state index is 11.5. The first-order valence-electron chi connectivity index (χ1n) is 4.59. The predicted octanol–water partition coefficient (Wildman–Crippen LogP) is 2.75. The van der Waals surface area contributed by atoms with E-state index in [9.17, 15) is 4.79 Å². The number of methoxy groups -OCH3 is 1. The minimum absolute atomic E-state index is 0.0307. The zero-order valence-electron chi connectivity index (χ0n) is 8.49. The second-order valence-electron chi connectivity index (χ2n) is 2.93. The molecule has 84 valence electrons. The third-order valence-corrected chi connectivity index (χ3v) is 3.38. The van der Waals surface area contributed by atoms with E-state index in [0.29, 0.717) is 13.2 Å². The fraction of sp³-hybridized carbons (Fsp3) is 0.500. The van der Waals surface area contributed by atoms with Crippen molar-refractivity contribution in [1.29, 1.82) is 0 Å². The van der Waals surface area contributed by atoms with Gasteiger partial charge in [0.15, 0.2) is 5.78 Å². The fourth-order valence-electron chi connectivity index (χ4n) is 1.01. The molecule has 0 N–H and O–H groups in total. The first-order valence-corrected chi connectivity index (χ1v) is 6.20. The summed E-state index contributed by atoms with van der Waals surface area (Å²) in [5.74, 6) is 0.0307. The van der Waals surface area contributed by atoms with Crippen LogP contribution in [0.5, 0.6) is 0 Å². The topological polar surface area (TPSA) is 35.5 Å². The van der Waals surface area contributed by atoms with Crippen LogP contribution in [-0.2, 0) is 9.47 Å². The molecular weight excluding hydrogens is 280 g/mol. The van der Waals surface area contributed by atoms with Gasteiger partial charge in [0.2, 0.25) is 0 Å². The van der Waals surface area contributed by atoms with E-state index in [4.69, 9.17) is 9.47 Å². The summed E-state index contributed by atoms with van der Waals surface area (Å²) in [4.78, 5) is 12.3. The Hall–Kier alpha value is -0.230. The van der Waals surface area contributed by atoms with Gasteiger partial charge in [-0.05, 0) is 34.5 Å². The number of carbonyl (C=O) groups excluding carboxylic acids is 1. The summed E-state index contributed by atoms with van der Waals surface area (Å²) in [5.41, 5.74) is 0. The first kappa shape index (κ1) is 12.8. The predicted molar refractivity (Wildman–Crippen MR) is 63.7 cm³/mol. The van der Waals surface area contributed by atoms with Gasteiger partial charge in [-0.3, -0.25) is 4.79 Å². The van der Waals surface area contributed by atoms with E-state index in [1.54, 1.807) is 13.2 Å². The molecule has 0 bridgehead atoms. The van der Waals surface area contributed by atoms with Crippen LogP contribution in [0.2, 0.25) is 0 Å². The van der Waals surface area contributed by atoms with Crippen molar-refractivity contribution in [3.05, 3.63) is 20.8 Å². The Morgan fingerprint density at radius 2 is 2.27 bits per heavy atom. The molecule has 0 atom stereocenters. The molecule has 0 aliphatic heterocycles. The number of hydrogen-bond acceptors (Lipinski definition) is 4. The average molecular weight is 293 g/mol. The van der Waals surface area contributed by atoms with Gasteiger partial charge in [0.1, 0.15) is 6.61 Å². The van der Waals surface area contributed by atoms with Crippen molar-refractivity contribution in [1.82, 2.24) is 0 Å². The molecule has 0 aromatic carbocycles. The van der Waals surface area contributed by atoms with Crippen LogP contribution in [0.1, 0.15) is 16.1 Å². The van der Waals surface area contributed by atoms with Crippen LogP contribution in [0.15, 0.2) is 15.9 Å². The van der Waals surface area contributed by atoms with E-state index in [2.05, 4.69) is 15.9 Å². The second-order valence-corrected chi connectivity index (χ2v) is 5.39. The molecule has 0 unspecified atom stereocenters. The van der Waals surface area contributed by atoms with E-state index in [1.165, 1.54) is 11.3 Å². The van der Waals surface area contributed by atoms with Crippen LogP contribution < -0.4 is 0 Å². The molecule has 0 aliphatic rings. The number of thiophene rings is 1. The van der Waals surface area contributed by atoms with Gasteiger partial charge in [-0.2, -0.15) is 0 Å². The summed E-state index contributed by atoms with van der Waals surface area (Å²) < 4.78 is 11.1. The van der Waals surface area contributed by atoms with Crippen LogP contribution in [0.3, 0.4) is 0 Å². The number of hydrogen-bond donors (Lipinski definition) is 0. The number of ketones is 1. The average Bonchev–Trinajstić information content (AvgIpc) is 2.64. The Morgan fingerprint density at radius 1 is 1.47 bits per heavy atom. The number of carbonyl (C=O) groups is 1.